The second-order valence-corrected chi connectivity index (χ2v) is 11.0. The van der Waals surface area contributed by atoms with E-state index in [1.807, 2.05) is 33.7 Å². The lowest BCUT2D eigenvalue weighted by Crippen LogP contribution is -2.40. The lowest BCUT2D eigenvalue weighted by molar-refractivity contribution is -0.132. The van der Waals surface area contributed by atoms with Crippen molar-refractivity contribution in [2.24, 2.45) is 0 Å². The van der Waals surface area contributed by atoms with Crippen molar-refractivity contribution in [3.63, 3.8) is 0 Å². The van der Waals surface area contributed by atoms with Gasteiger partial charge in [0.05, 0.1) is 29.1 Å². The predicted octanol–water partition coefficient (Wildman–Crippen LogP) is 2.15. The van der Waals surface area contributed by atoms with E-state index in [4.69, 9.17) is 4.74 Å². The van der Waals surface area contributed by atoms with Gasteiger partial charge in [0.15, 0.2) is 0 Å². The van der Waals surface area contributed by atoms with Gasteiger partial charge < -0.3 is 14.6 Å². The summed E-state index contributed by atoms with van der Waals surface area (Å²) in [5.74, 6) is 0.0831. The van der Waals surface area contributed by atoms with E-state index in [-0.39, 0.29) is 22.5 Å². The molecule has 2 saturated heterocycles. The third kappa shape index (κ3) is 4.91. The van der Waals surface area contributed by atoms with E-state index < -0.39 is 10.0 Å². The van der Waals surface area contributed by atoms with Gasteiger partial charge in [-0.3, -0.25) is 9.36 Å². The van der Waals surface area contributed by atoms with Crippen molar-refractivity contribution in [2.45, 2.75) is 36.6 Å². The fourth-order valence-electron chi connectivity index (χ4n) is 4.98. The maximum absolute atomic E-state index is 12.8. The molecule has 0 unspecified atom stereocenters. The molecule has 2 aliphatic rings. The number of likely N-dealkylation sites (tertiary alicyclic amines) is 1. The number of morpholine rings is 1. The van der Waals surface area contributed by atoms with Crippen molar-refractivity contribution in [1.29, 1.82) is 0 Å². The maximum atomic E-state index is 12.8. The van der Waals surface area contributed by atoms with Crippen molar-refractivity contribution in [3.05, 3.63) is 64.6 Å². The van der Waals surface area contributed by atoms with E-state index in [1.54, 1.807) is 24.3 Å². The topological polar surface area (TPSA) is 105 Å². The highest BCUT2D eigenvalue weighted by atomic mass is 32.2. The van der Waals surface area contributed by atoms with Crippen LogP contribution in [0.5, 0.6) is 0 Å². The average Bonchev–Trinajstić information content (AvgIpc) is 3.23. The monoisotopic (exact) mass is 498 g/mol. The number of hydrogen-bond acceptors (Lipinski definition) is 5. The highest BCUT2D eigenvalue weighted by molar-refractivity contribution is 7.89. The summed E-state index contributed by atoms with van der Waals surface area (Å²) in [5.41, 5.74) is 2.57. The van der Waals surface area contributed by atoms with E-state index in [0.717, 1.165) is 29.4 Å². The summed E-state index contributed by atoms with van der Waals surface area (Å²) in [6, 6.07) is 14.6. The summed E-state index contributed by atoms with van der Waals surface area (Å²) in [4.78, 5) is 30.3. The molecule has 186 valence electrons. The number of nitrogens with one attached hydrogen (secondary N) is 1. The summed E-state index contributed by atoms with van der Waals surface area (Å²) in [7, 11) is -3.52. The molecule has 3 heterocycles. The van der Waals surface area contributed by atoms with Crippen LogP contribution in [0, 0.1) is 0 Å². The Morgan fingerprint density at radius 2 is 1.66 bits per heavy atom. The number of benzene rings is 2. The first-order valence-electron chi connectivity index (χ1n) is 12.1. The van der Waals surface area contributed by atoms with Crippen molar-refractivity contribution >= 4 is 27.0 Å². The number of sulfonamides is 1. The highest BCUT2D eigenvalue weighted by Crippen LogP contribution is 2.25. The first-order chi connectivity index (χ1) is 16.9. The Kier molecular flexibility index (Phi) is 6.77. The molecule has 1 aromatic heterocycles. The number of nitrogens with zero attached hydrogens (tertiary/aromatic N) is 3. The van der Waals surface area contributed by atoms with Gasteiger partial charge in [-0.25, -0.2) is 13.2 Å². The van der Waals surface area contributed by atoms with E-state index in [9.17, 15) is 18.0 Å². The number of hydrogen-bond donors (Lipinski definition) is 1. The number of rotatable bonds is 6. The first-order valence-corrected chi connectivity index (χ1v) is 13.5. The van der Waals surface area contributed by atoms with Gasteiger partial charge >= 0.3 is 5.69 Å². The number of carbonyl (C=O) groups excluding carboxylic acids is 1. The molecule has 35 heavy (non-hydrogen) atoms. The molecule has 0 saturated carbocycles. The van der Waals surface area contributed by atoms with Crippen LogP contribution in [0.25, 0.3) is 11.0 Å². The number of fused-ring (bicyclic) bond motifs is 1. The number of H-pyrrole nitrogens is 1. The lowest BCUT2D eigenvalue weighted by Gasteiger charge is -2.32. The molecule has 0 spiro atoms. The van der Waals surface area contributed by atoms with Gasteiger partial charge in [0.25, 0.3) is 0 Å². The van der Waals surface area contributed by atoms with Crippen molar-refractivity contribution in [1.82, 2.24) is 18.8 Å². The second-order valence-electron chi connectivity index (χ2n) is 9.09. The zero-order chi connectivity index (χ0) is 24.4. The number of para-hydroxylation sites is 2. The Hall–Kier alpha value is -2.95. The highest BCUT2D eigenvalue weighted by Gasteiger charge is 2.27. The predicted molar refractivity (Wildman–Crippen MR) is 132 cm³/mol. The van der Waals surface area contributed by atoms with E-state index in [0.29, 0.717) is 52.2 Å². The molecule has 9 nitrogen and oxygen atoms in total. The Labute approximate surface area is 204 Å². The molecule has 5 rings (SSSR count). The zero-order valence-electron chi connectivity index (χ0n) is 19.6. The van der Waals surface area contributed by atoms with Gasteiger partial charge in [-0.1, -0.05) is 24.3 Å². The fraction of sp³-hybridized carbons (Fsp3) is 0.440. The molecular weight excluding hydrogens is 468 g/mol. The van der Waals surface area contributed by atoms with Crippen LogP contribution in [0.15, 0.2) is 58.2 Å². The Morgan fingerprint density at radius 3 is 2.37 bits per heavy atom. The average molecular weight is 499 g/mol. The minimum absolute atomic E-state index is 0.0728. The van der Waals surface area contributed by atoms with Gasteiger partial charge in [-0.05, 0) is 49.1 Å². The minimum atomic E-state index is -3.52. The van der Waals surface area contributed by atoms with Crippen molar-refractivity contribution in [3.8, 4) is 0 Å². The lowest BCUT2D eigenvalue weighted by atomic mass is 10.0. The molecule has 2 fully saturated rings. The smallest absolute Gasteiger partial charge is 0.326 e. The standard InChI is InChI=1S/C25H30N4O5S/c30-24(10-7-19-5-8-21(9-6-19)35(32,33)28-15-17-34-18-16-28)27-13-11-20(12-14-27)29-23-4-2-1-3-22(23)26-25(29)31/h1-6,8-9,20H,7,10-18H2,(H,26,31). The van der Waals surface area contributed by atoms with Crippen molar-refractivity contribution < 1.29 is 17.9 Å². The van der Waals surface area contributed by atoms with Crippen LogP contribution < -0.4 is 5.69 Å². The normalized spacial score (nSPS) is 18.2. The van der Waals surface area contributed by atoms with Crippen LogP contribution in [-0.4, -0.2) is 72.5 Å². The van der Waals surface area contributed by atoms with Gasteiger partial charge in [-0.2, -0.15) is 4.31 Å². The van der Waals surface area contributed by atoms with Gasteiger partial charge in [-0.15, -0.1) is 0 Å². The van der Waals surface area contributed by atoms with Crippen molar-refractivity contribution in [2.75, 3.05) is 39.4 Å². The minimum Gasteiger partial charge on any atom is -0.379 e. The van der Waals surface area contributed by atoms with E-state index in [2.05, 4.69) is 4.98 Å². The van der Waals surface area contributed by atoms with Gasteiger partial charge in [0.2, 0.25) is 15.9 Å². The SMILES string of the molecule is O=C(CCc1ccc(S(=O)(=O)N2CCOCC2)cc1)N1CCC(n2c(=O)[nH]c3ccccc32)CC1. The van der Waals surface area contributed by atoms with Crippen LogP contribution in [-0.2, 0) is 26.0 Å². The number of aryl methyl sites for hydroxylation is 1. The first kappa shape index (κ1) is 23.8. The third-order valence-corrected chi connectivity index (χ3v) is 8.88. The Balaban J connectivity index is 1.15. The number of amides is 1. The second kappa shape index (κ2) is 9.96. The Morgan fingerprint density at radius 1 is 0.971 bits per heavy atom. The summed E-state index contributed by atoms with van der Waals surface area (Å²) in [6.45, 7) is 2.79. The summed E-state index contributed by atoms with van der Waals surface area (Å²) < 4.78 is 34.0. The molecule has 3 aromatic rings. The van der Waals surface area contributed by atoms with Crippen LogP contribution >= 0.6 is 0 Å². The number of aromatic amines is 1. The summed E-state index contributed by atoms with van der Waals surface area (Å²) in [6.07, 6.45) is 2.40. The molecule has 1 amide bonds. The van der Waals surface area contributed by atoms with E-state index >= 15 is 0 Å². The number of ether oxygens (including phenoxy) is 1. The number of aromatic nitrogens is 2. The van der Waals surface area contributed by atoms with Crippen LogP contribution in [0.2, 0.25) is 0 Å². The quantitative estimate of drug-likeness (QED) is 0.561. The van der Waals surface area contributed by atoms with Crippen LogP contribution in [0.4, 0.5) is 0 Å². The molecule has 10 heteroatoms. The van der Waals surface area contributed by atoms with Crippen LogP contribution in [0.1, 0.15) is 30.9 Å². The maximum Gasteiger partial charge on any atom is 0.326 e. The molecule has 2 aliphatic heterocycles. The number of carbonyl (C=O) groups is 1. The van der Waals surface area contributed by atoms with Gasteiger partial charge in [0.1, 0.15) is 0 Å². The van der Waals surface area contributed by atoms with Gasteiger partial charge in [0, 0.05) is 38.6 Å². The Bertz CT molecular complexity index is 1350. The fourth-order valence-corrected chi connectivity index (χ4v) is 6.39. The largest absolute Gasteiger partial charge is 0.379 e. The molecule has 0 radical (unpaired) electrons. The van der Waals surface area contributed by atoms with E-state index in [1.165, 1.54) is 4.31 Å². The molecule has 2 aromatic carbocycles. The number of imidazole rings is 1. The molecule has 0 atom stereocenters. The summed E-state index contributed by atoms with van der Waals surface area (Å²) >= 11 is 0. The third-order valence-electron chi connectivity index (χ3n) is 6.97. The molecule has 0 bridgehead atoms. The summed E-state index contributed by atoms with van der Waals surface area (Å²) in [5, 5.41) is 0. The van der Waals surface area contributed by atoms with Crippen LogP contribution in [0.3, 0.4) is 0 Å². The molecular formula is C25H30N4O5S. The molecule has 1 N–H and O–H groups in total. The zero-order valence-corrected chi connectivity index (χ0v) is 20.4. The molecule has 0 aliphatic carbocycles. The number of piperidine rings is 1.